The Kier molecular flexibility index (Phi) is 3.31. The minimum absolute atomic E-state index is 0.250. The van der Waals surface area contributed by atoms with E-state index in [0.717, 1.165) is 10.8 Å². The monoisotopic (exact) mass is 321 g/mol. The first kappa shape index (κ1) is 14.1. The summed E-state index contributed by atoms with van der Waals surface area (Å²) in [6.45, 7) is 0. The lowest BCUT2D eigenvalue weighted by Gasteiger charge is -2.02. The number of carbonyl (C=O) groups excluding carboxylic acids is 1. The van der Waals surface area contributed by atoms with Crippen molar-refractivity contribution in [1.29, 1.82) is 0 Å². The number of nitrogens with zero attached hydrogens (tertiary/aromatic N) is 3. The van der Waals surface area contributed by atoms with Crippen LogP contribution in [0.3, 0.4) is 0 Å². The predicted octanol–water partition coefficient (Wildman–Crippen LogP) is 2.22. The molecule has 0 bridgehead atoms. The maximum absolute atomic E-state index is 12.4. The fourth-order valence-electron chi connectivity index (χ4n) is 2.51. The van der Waals surface area contributed by atoms with Gasteiger partial charge in [0.05, 0.1) is 12.5 Å². The van der Waals surface area contributed by atoms with Crippen molar-refractivity contribution in [3.05, 3.63) is 60.3 Å². The second-order valence-electron chi connectivity index (χ2n) is 5.15. The van der Waals surface area contributed by atoms with Gasteiger partial charge in [0, 0.05) is 16.0 Å². The largest absolute Gasteiger partial charge is 0.497 e. The summed E-state index contributed by atoms with van der Waals surface area (Å²) in [5, 5.41) is 12.6. The summed E-state index contributed by atoms with van der Waals surface area (Å²) < 4.78 is 11.7. The molecular formula is C17H13N4O3+. The predicted molar refractivity (Wildman–Crippen MR) is 85.9 cm³/mol. The molecule has 0 atom stereocenters. The number of carbonyl (C=O) groups is 1. The van der Waals surface area contributed by atoms with Gasteiger partial charge < -0.3 is 4.74 Å². The molecule has 0 aliphatic rings. The molecule has 2 aromatic carbocycles. The number of anilines is 1. The number of nitrogens with one attached hydrogen (secondary N) is 1. The lowest BCUT2D eigenvalue weighted by Crippen LogP contribution is -2.27. The van der Waals surface area contributed by atoms with Gasteiger partial charge in [-0.2, -0.15) is 0 Å². The zero-order valence-electron chi connectivity index (χ0n) is 12.8. The van der Waals surface area contributed by atoms with E-state index in [0.29, 0.717) is 16.8 Å². The summed E-state index contributed by atoms with van der Waals surface area (Å²) in [6.07, 6.45) is 1.69. The number of benzene rings is 2. The van der Waals surface area contributed by atoms with Crippen molar-refractivity contribution < 1.29 is 18.7 Å². The number of ether oxygens (including phenoxy) is 1. The van der Waals surface area contributed by atoms with Gasteiger partial charge in [0.2, 0.25) is 5.27 Å². The quantitative estimate of drug-likeness (QED) is 0.585. The Balaban J connectivity index is 1.73. The minimum Gasteiger partial charge on any atom is -0.497 e. The Labute approximate surface area is 136 Å². The van der Waals surface area contributed by atoms with Gasteiger partial charge in [-0.1, -0.05) is 18.2 Å². The zero-order chi connectivity index (χ0) is 16.5. The number of fused-ring (bicyclic) bond motifs is 3. The van der Waals surface area contributed by atoms with E-state index in [9.17, 15) is 4.79 Å². The fourth-order valence-corrected chi connectivity index (χ4v) is 2.51. The molecule has 7 nitrogen and oxygen atoms in total. The van der Waals surface area contributed by atoms with Crippen LogP contribution in [0.2, 0.25) is 0 Å². The van der Waals surface area contributed by atoms with Gasteiger partial charge in [-0.15, -0.1) is 0 Å². The highest BCUT2D eigenvalue weighted by molar-refractivity contribution is 6.07. The van der Waals surface area contributed by atoms with Gasteiger partial charge >= 0.3 is 11.4 Å². The van der Waals surface area contributed by atoms with Crippen LogP contribution >= 0.6 is 0 Å². The third-order valence-electron chi connectivity index (χ3n) is 3.73. The van der Waals surface area contributed by atoms with Gasteiger partial charge in [0.1, 0.15) is 16.6 Å². The topological polar surface area (TPSA) is 81.3 Å². The summed E-state index contributed by atoms with van der Waals surface area (Å²) in [4.78, 5) is 12.4. The van der Waals surface area contributed by atoms with E-state index in [1.807, 2.05) is 24.3 Å². The van der Waals surface area contributed by atoms with Crippen molar-refractivity contribution >= 4 is 28.1 Å². The van der Waals surface area contributed by atoms with Crippen LogP contribution in [-0.2, 0) is 0 Å². The number of hydrogen-bond acceptors (Lipinski definition) is 5. The first-order valence-corrected chi connectivity index (χ1v) is 7.27. The molecule has 0 fully saturated rings. The van der Waals surface area contributed by atoms with Crippen molar-refractivity contribution in [2.75, 3.05) is 12.4 Å². The van der Waals surface area contributed by atoms with E-state index in [-0.39, 0.29) is 11.8 Å². The Morgan fingerprint density at radius 2 is 1.96 bits per heavy atom. The summed E-state index contributed by atoms with van der Waals surface area (Å²) in [5.74, 6) is 0.631. The number of aromatic nitrogens is 3. The van der Waals surface area contributed by atoms with E-state index in [1.54, 1.807) is 37.6 Å². The van der Waals surface area contributed by atoms with Gasteiger partial charge in [-0.05, 0) is 30.3 Å². The molecule has 4 rings (SSSR count). The third-order valence-corrected chi connectivity index (χ3v) is 3.73. The van der Waals surface area contributed by atoms with Crippen LogP contribution in [0.5, 0.6) is 5.75 Å². The van der Waals surface area contributed by atoms with Crippen molar-refractivity contribution in [2.24, 2.45) is 0 Å². The standard InChI is InChI=1S/C17H12N4O3/c1-23-13-8-6-11(7-9-13)16(22)19-17-15-14-5-3-2-4-12(14)10-18-21(15)20-24-17/h2-10H,1H3/p+1. The maximum atomic E-state index is 12.4. The highest BCUT2D eigenvalue weighted by atomic mass is 16.5. The summed E-state index contributed by atoms with van der Waals surface area (Å²) in [6, 6.07) is 14.5. The van der Waals surface area contributed by atoms with Crippen molar-refractivity contribution in [2.45, 2.75) is 0 Å². The second-order valence-corrected chi connectivity index (χ2v) is 5.15. The molecule has 2 aromatic heterocycles. The highest BCUT2D eigenvalue weighted by Crippen LogP contribution is 2.22. The van der Waals surface area contributed by atoms with Crippen LogP contribution in [0.4, 0.5) is 5.88 Å². The molecule has 118 valence electrons. The van der Waals surface area contributed by atoms with Crippen molar-refractivity contribution in [3.63, 3.8) is 0 Å². The SMILES string of the molecule is COc1ccc(C(=O)Nc2on[n+]3ncc4ccccc4c23)cc1. The van der Waals surface area contributed by atoms with E-state index in [2.05, 4.69) is 15.7 Å². The van der Waals surface area contributed by atoms with Crippen LogP contribution in [0, 0.1) is 0 Å². The van der Waals surface area contributed by atoms with E-state index < -0.39 is 0 Å². The number of hydrogen-bond donors (Lipinski definition) is 1. The molecule has 1 N–H and O–H groups in total. The molecule has 24 heavy (non-hydrogen) atoms. The first-order valence-electron chi connectivity index (χ1n) is 7.27. The molecule has 4 aromatic rings. The normalized spacial score (nSPS) is 10.9. The smallest absolute Gasteiger partial charge is 0.342 e. The maximum Gasteiger partial charge on any atom is 0.342 e. The van der Waals surface area contributed by atoms with Crippen LogP contribution < -0.4 is 14.7 Å². The average Bonchev–Trinajstić information content (AvgIpc) is 3.05. The van der Waals surface area contributed by atoms with Crippen LogP contribution in [0.1, 0.15) is 10.4 Å². The molecule has 0 aliphatic carbocycles. The molecule has 1 amide bonds. The van der Waals surface area contributed by atoms with Crippen LogP contribution in [0.25, 0.3) is 16.3 Å². The third kappa shape index (κ3) is 2.32. The lowest BCUT2D eigenvalue weighted by atomic mass is 10.1. The molecular weight excluding hydrogens is 308 g/mol. The number of methoxy groups -OCH3 is 1. The molecule has 2 heterocycles. The highest BCUT2D eigenvalue weighted by Gasteiger charge is 2.24. The average molecular weight is 321 g/mol. The Bertz CT molecular complexity index is 1040. The fraction of sp³-hybridized carbons (Fsp3) is 0.0588. The Morgan fingerprint density at radius 1 is 1.17 bits per heavy atom. The Hall–Kier alpha value is -3.48. The molecule has 0 unspecified atom stereocenters. The van der Waals surface area contributed by atoms with Gasteiger partial charge in [-0.3, -0.25) is 14.6 Å². The Morgan fingerprint density at radius 3 is 2.75 bits per heavy atom. The number of amides is 1. The summed E-state index contributed by atoms with van der Waals surface area (Å²) >= 11 is 0. The van der Waals surface area contributed by atoms with Crippen LogP contribution in [0.15, 0.2) is 59.3 Å². The van der Waals surface area contributed by atoms with Crippen molar-refractivity contribution in [1.82, 2.24) is 10.4 Å². The van der Waals surface area contributed by atoms with Crippen LogP contribution in [-0.4, -0.2) is 23.4 Å². The van der Waals surface area contributed by atoms with E-state index in [4.69, 9.17) is 9.26 Å². The van der Waals surface area contributed by atoms with Gasteiger partial charge in [0.25, 0.3) is 5.91 Å². The molecule has 0 saturated carbocycles. The zero-order valence-corrected chi connectivity index (χ0v) is 12.8. The van der Waals surface area contributed by atoms with E-state index >= 15 is 0 Å². The van der Waals surface area contributed by atoms with Gasteiger partial charge in [0.15, 0.2) is 0 Å². The molecule has 0 aliphatic heterocycles. The molecule has 0 spiro atoms. The molecule has 0 saturated heterocycles. The number of rotatable bonds is 3. The first-order chi connectivity index (χ1) is 11.8. The second kappa shape index (κ2) is 5.62. The summed E-state index contributed by atoms with van der Waals surface area (Å²) in [7, 11) is 1.57. The molecule has 0 radical (unpaired) electrons. The molecule has 7 heteroatoms. The lowest BCUT2D eigenvalue weighted by molar-refractivity contribution is -0.655. The minimum atomic E-state index is -0.302. The van der Waals surface area contributed by atoms with Gasteiger partial charge in [-0.25, -0.2) is 0 Å². The van der Waals surface area contributed by atoms with E-state index in [1.165, 1.54) is 4.63 Å². The van der Waals surface area contributed by atoms with Crippen molar-refractivity contribution in [3.8, 4) is 5.75 Å². The summed E-state index contributed by atoms with van der Waals surface area (Å²) in [5.41, 5.74) is 1.09.